The van der Waals surface area contributed by atoms with Crippen LogP contribution in [0.25, 0.3) is 0 Å². The molecule has 0 bridgehead atoms. The van der Waals surface area contributed by atoms with Crippen molar-refractivity contribution in [2.75, 3.05) is 23.4 Å². The maximum Gasteiger partial charge on any atom is 0.265 e. The van der Waals surface area contributed by atoms with Crippen molar-refractivity contribution in [2.45, 2.75) is 31.7 Å². The summed E-state index contributed by atoms with van der Waals surface area (Å²) in [6.07, 6.45) is 0. The molecule has 2 aromatic carbocycles. The molecule has 0 aromatic heterocycles. The zero-order valence-corrected chi connectivity index (χ0v) is 17.2. The van der Waals surface area contributed by atoms with Crippen LogP contribution in [-0.2, 0) is 19.6 Å². The number of nitrogens with one attached hydrogen (secondary N) is 2. The quantitative estimate of drug-likeness (QED) is 0.748. The third-order valence-corrected chi connectivity index (χ3v) is 5.87. The van der Waals surface area contributed by atoms with Gasteiger partial charge in [0.15, 0.2) is 6.61 Å². The Morgan fingerprint density at radius 1 is 1.17 bits per heavy atom. The van der Waals surface area contributed by atoms with Gasteiger partial charge in [-0.15, -0.1) is 0 Å². The second-order valence-electron chi connectivity index (χ2n) is 7.09. The van der Waals surface area contributed by atoms with E-state index in [0.717, 1.165) is 5.56 Å². The predicted molar refractivity (Wildman–Crippen MR) is 110 cm³/mol. The van der Waals surface area contributed by atoms with Crippen molar-refractivity contribution in [3.05, 3.63) is 48.0 Å². The van der Waals surface area contributed by atoms with Crippen molar-refractivity contribution >= 4 is 33.2 Å². The van der Waals surface area contributed by atoms with Crippen LogP contribution in [0.1, 0.15) is 19.4 Å². The highest BCUT2D eigenvalue weighted by Crippen LogP contribution is 2.34. The van der Waals surface area contributed by atoms with Crippen LogP contribution < -0.4 is 19.7 Å². The summed E-state index contributed by atoms with van der Waals surface area (Å²) in [4.78, 5) is 26.1. The highest BCUT2D eigenvalue weighted by atomic mass is 32.2. The Hall–Kier alpha value is -2.91. The van der Waals surface area contributed by atoms with Crippen molar-refractivity contribution in [1.82, 2.24) is 4.72 Å². The van der Waals surface area contributed by atoms with Gasteiger partial charge in [0.1, 0.15) is 12.3 Å². The number of carbonyl (C=O) groups excluding carboxylic acids is 2. The minimum absolute atomic E-state index is 0.00723. The zero-order valence-electron chi connectivity index (χ0n) is 16.4. The second kappa shape index (κ2) is 8.22. The normalized spacial score (nSPS) is 13.8. The fraction of sp³-hybridized carbons (Fsp3) is 0.300. The van der Waals surface area contributed by atoms with Gasteiger partial charge in [-0.25, -0.2) is 13.1 Å². The highest BCUT2D eigenvalue weighted by molar-refractivity contribution is 7.89. The molecular weight excluding hydrogens is 394 g/mol. The summed E-state index contributed by atoms with van der Waals surface area (Å²) >= 11 is 0. The van der Waals surface area contributed by atoms with E-state index < -0.39 is 21.8 Å². The Morgan fingerprint density at radius 2 is 1.86 bits per heavy atom. The van der Waals surface area contributed by atoms with Crippen LogP contribution in [0, 0.1) is 6.92 Å². The largest absolute Gasteiger partial charge is 0.482 e. The maximum atomic E-state index is 12.5. The summed E-state index contributed by atoms with van der Waals surface area (Å²) in [5, 5.41) is 2.73. The standard InChI is InChI=1S/C20H23N3O5S/c1-13(2)22-29(26,27)16-8-9-18-17(10-16)23(20(25)12-28-18)11-19(24)21-15-6-4-14(3)5-7-15/h4-10,13,22H,11-12H2,1-3H3,(H,21,24). The summed E-state index contributed by atoms with van der Waals surface area (Å²) < 4.78 is 32.8. The van der Waals surface area contributed by atoms with Crippen LogP contribution in [0.5, 0.6) is 5.75 Å². The molecule has 3 rings (SSSR count). The third-order valence-electron chi connectivity index (χ3n) is 4.21. The first kappa shape index (κ1) is 20.8. The number of nitrogens with zero attached hydrogens (tertiary/aromatic N) is 1. The summed E-state index contributed by atoms with van der Waals surface area (Å²) in [6.45, 7) is 4.88. The minimum atomic E-state index is -3.76. The van der Waals surface area contributed by atoms with Gasteiger partial charge in [-0.1, -0.05) is 17.7 Å². The molecule has 29 heavy (non-hydrogen) atoms. The molecule has 0 atom stereocenters. The molecule has 1 heterocycles. The molecular formula is C20H23N3O5S. The third kappa shape index (κ3) is 4.93. The van der Waals surface area contributed by atoms with E-state index in [2.05, 4.69) is 10.0 Å². The number of benzene rings is 2. The monoisotopic (exact) mass is 417 g/mol. The van der Waals surface area contributed by atoms with E-state index in [4.69, 9.17) is 4.74 Å². The summed E-state index contributed by atoms with van der Waals surface area (Å²) in [5.74, 6) is -0.484. The van der Waals surface area contributed by atoms with Crippen LogP contribution >= 0.6 is 0 Å². The van der Waals surface area contributed by atoms with Crippen molar-refractivity contribution in [1.29, 1.82) is 0 Å². The van der Waals surface area contributed by atoms with E-state index in [1.165, 1.54) is 23.1 Å². The SMILES string of the molecule is Cc1ccc(NC(=O)CN2C(=O)COc3ccc(S(=O)(=O)NC(C)C)cc32)cc1. The summed E-state index contributed by atoms with van der Waals surface area (Å²) in [6, 6.07) is 11.2. The lowest BCUT2D eigenvalue weighted by Crippen LogP contribution is -2.43. The van der Waals surface area contributed by atoms with Crippen LogP contribution in [0.15, 0.2) is 47.4 Å². The molecule has 1 aliphatic rings. The lowest BCUT2D eigenvalue weighted by molar-refractivity contribution is -0.123. The Kier molecular flexibility index (Phi) is 5.90. The highest BCUT2D eigenvalue weighted by Gasteiger charge is 2.29. The van der Waals surface area contributed by atoms with Gasteiger partial charge in [0.25, 0.3) is 5.91 Å². The molecule has 0 fully saturated rings. The van der Waals surface area contributed by atoms with Crippen LogP contribution in [0.3, 0.4) is 0 Å². The second-order valence-corrected chi connectivity index (χ2v) is 8.80. The van der Waals surface area contributed by atoms with Crippen LogP contribution in [0.4, 0.5) is 11.4 Å². The predicted octanol–water partition coefficient (Wildman–Crippen LogP) is 2.05. The smallest absolute Gasteiger partial charge is 0.265 e. The Morgan fingerprint density at radius 3 is 2.52 bits per heavy atom. The Labute approximate surface area is 169 Å². The molecule has 154 valence electrons. The number of sulfonamides is 1. The molecule has 0 saturated carbocycles. The van der Waals surface area contributed by atoms with Gasteiger partial charge in [0, 0.05) is 11.7 Å². The first-order valence-electron chi connectivity index (χ1n) is 9.12. The Balaban J connectivity index is 1.85. The van der Waals surface area contributed by atoms with Gasteiger partial charge in [0.2, 0.25) is 15.9 Å². The van der Waals surface area contributed by atoms with E-state index in [0.29, 0.717) is 11.4 Å². The number of hydrogen-bond acceptors (Lipinski definition) is 5. The zero-order chi connectivity index (χ0) is 21.2. The summed E-state index contributed by atoms with van der Waals surface area (Å²) in [5.41, 5.74) is 1.91. The Bertz CT molecular complexity index is 1030. The number of ether oxygens (including phenoxy) is 1. The number of fused-ring (bicyclic) bond motifs is 1. The number of aryl methyl sites for hydroxylation is 1. The van der Waals surface area contributed by atoms with Crippen molar-refractivity contribution in [3.8, 4) is 5.75 Å². The van der Waals surface area contributed by atoms with Gasteiger partial charge in [-0.3, -0.25) is 14.5 Å². The van der Waals surface area contributed by atoms with E-state index in [9.17, 15) is 18.0 Å². The maximum absolute atomic E-state index is 12.5. The van der Waals surface area contributed by atoms with Crippen molar-refractivity contribution in [3.63, 3.8) is 0 Å². The topological polar surface area (TPSA) is 105 Å². The molecule has 0 spiro atoms. The molecule has 8 nitrogen and oxygen atoms in total. The first-order chi connectivity index (χ1) is 13.7. The minimum Gasteiger partial charge on any atom is -0.482 e. The van der Waals surface area contributed by atoms with Gasteiger partial charge in [-0.05, 0) is 51.1 Å². The van der Waals surface area contributed by atoms with Gasteiger partial charge in [0.05, 0.1) is 10.6 Å². The molecule has 1 aliphatic heterocycles. The molecule has 2 N–H and O–H groups in total. The lowest BCUT2D eigenvalue weighted by atomic mass is 10.2. The lowest BCUT2D eigenvalue weighted by Gasteiger charge is -2.29. The molecule has 2 amide bonds. The van der Waals surface area contributed by atoms with Gasteiger partial charge < -0.3 is 10.1 Å². The molecule has 0 unspecified atom stereocenters. The van der Waals surface area contributed by atoms with Gasteiger partial charge in [-0.2, -0.15) is 0 Å². The van der Waals surface area contributed by atoms with Gasteiger partial charge >= 0.3 is 0 Å². The number of carbonyl (C=O) groups is 2. The fourth-order valence-electron chi connectivity index (χ4n) is 2.88. The van der Waals surface area contributed by atoms with E-state index in [1.54, 1.807) is 26.0 Å². The first-order valence-corrected chi connectivity index (χ1v) is 10.6. The molecule has 0 aliphatic carbocycles. The number of amides is 2. The molecule has 0 radical (unpaired) electrons. The van der Waals surface area contributed by atoms with Crippen LogP contribution in [0.2, 0.25) is 0 Å². The number of hydrogen-bond donors (Lipinski definition) is 2. The van der Waals surface area contributed by atoms with E-state index in [-0.39, 0.29) is 29.8 Å². The average molecular weight is 417 g/mol. The molecule has 9 heteroatoms. The van der Waals surface area contributed by atoms with Crippen LogP contribution in [-0.4, -0.2) is 39.4 Å². The number of rotatable bonds is 6. The number of anilines is 2. The van der Waals surface area contributed by atoms with E-state index in [1.807, 2.05) is 19.1 Å². The molecule has 0 saturated heterocycles. The van der Waals surface area contributed by atoms with Crippen molar-refractivity contribution in [2.24, 2.45) is 0 Å². The van der Waals surface area contributed by atoms with E-state index >= 15 is 0 Å². The average Bonchev–Trinajstić information content (AvgIpc) is 2.64. The van der Waals surface area contributed by atoms with Crippen molar-refractivity contribution < 1.29 is 22.7 Å². The summed E-state index contributed by atoms with van der Waals surface area (Å²) in [7, 11) is -3.76. The fourth-order valence-corrected chi connectivity index (χ4v) is 4.15. The molecule has 2 aromatic rings.